The highest BCUT2D eigenvalue weighted by molar-refractivity contribution is 7.87. The second-order valence-electron chi connectivity index (χ2n) is 4.38. The molecule has 0 fully saturated rings. The third kappa shape index (κ3) is 3.75. The first-order chi connectivity index (χ1) is 9.68. The molecule has 0 aromatic heterocycles. The van der Waals surface area contributed by atoms with E-state index in [1.165, 1.54) is 12.1 Å². The minimum absolute atomic E-state index is 0.0398. The maximum Gasteiger partial charge on any atom is 0.416 e. The molecule has 21 heavy (non-hydrogen) atoms. The summed E-state index contributed by atoms with van der Waals surface area (Å²) in [7, 11) is -4.31. The fourth-order valence-electron chi connectivity index (χ4n) is 1.60. The number of alkyl halides is 3. The first-order valence-electron chi connectivity index (χ1n) is 5.87. The summed E-state index contributed by atoms with van der Waals surface area (Å²) in [5, 5.41) is 0. The highest BCUT2D eigenvalue weighted by Gasteiger charge is 2.32. The molecule has 0 aliphatic carbocycles. The van der Waals surface area contributed by atoms with E-state index < -0.39 is 26.8 Å². The molecular formula is C14H11F3O3S. The van der Waals surface area contributed by atoms with Crippen molar-refractivity contribution in [2.75, 3.05) is 0 Å². The molecular weight excluding hydrogens is 305 g/mol. The molecule has 112 valence electrons. The van der Waals surface area contributed by atoms with Crippen LogP contribution in [0.15, 0.2) is 53.4 Å². The van der Waals surface area contributed by atoms with Gasteiger partial charge in [0.25, 0.3) is 0 Å². The number of hydrogen-bond donors (Lipinski definition) is 0. The molecule has 0 unspecified atom stereocenters. The summed E-state index contributed by atoms with van der Waals surface area (Å²) in [4.78, 5) is -0.544. The zero-order valence-electron chi connectivity index (χ0n) is 10.9. The predicted molar refractivity (Wildman–Crippen MR) is 70.4 cm³/mol. The van der Waals surface area contributed by atoms with E-state index in [0.717, 1.165) is 23.8 Å². The van der Waals surface area contributed by atoms with E-state index in [2.05, 4.69) is 0 Å². The van der Waals surface area contributed by atoms with Crippen LogP contribution < -0.4 is 4.18 Å². The summed E-state index contributed by atoms with van der Waals surface area (Å²) in [6.45, 7) is 1.81. The van der Waals surface area contributed by atoms with Crippen LogP contribution in [-0.4, -0.2) is 8.42 Å². The number of hydrogen-bond acceptors (Lipinski definition) is 3. The predicted octanol–water partition coefficient (Wildman–Crippen LogP) is 3.78. The maximum absolute atomic E-state index is 12.6. The van der Waals surface area contributed by atoms with E-state index >= 15 is 0 Å². The maximum atomic E-state index is 12.6. The molecule has 0 aliphatic rings. The van der Waals surface area contributed by atoms with Gasteiger partial charge >= 0.3 is 16.3 Å². The monoisotopic (exact) mass is 316 g/mol. The van der Waals surface area contributed by atoms with Gasteiger partial charge in [0.15, 0.2) is 0 Å². The minimum atomic E-state index is -4.62. The van der Waals surface area contributed by atoms with Crippen molar-refractivity contribution in [2.45, 2.75) is 18.0 Å². The number of halogens is 3. The molecule has 0 atom stereocenters. The Hall–Kier alpha value is -2.02. The van der Waals surface area contributed by atoms with Crippen LogP contribution in [0.5, 0.6) is 5.75 Å². The average Bonchev–Trinajstić information content (AvgIpc) is 2.40. The van der Waals surface area contributed by atoms with Crippen LogP contribution in [0.3, 0.4) is 0 Å². The molecule has 2 aromatic rings. The van der Waals surface area contributed by atoms with Crippen molar-refractivity contribution in [3.8, 4) is 5.75 Å². The number of benzene rings is 2. The van der Waals surface area contributed by atoms with Gasteiger partial charge in [-0.3, -0.25) is 0 Å². The zero-order chi connectivity index (χ0) is 15.7. The highest BCUT2D eigenvalue weighted by atomic mass is 32.2. The molecule has 3 nitrogen and oxygen atoms in total. The fourth-order valence-corrected chi connectivity index (χ4v) is 2.57. The molecule has 0 heterocycles. The molecule has 0 saturated heterocycles. The number of rotatable bonds is 3. The van der Waals surface area contributed by atoms with E-state index in [9.17, 15) is 21.6 Å². The molecule has 0 aliphatic heterocycles. The Morgan fingerprint density at radius 3 is 2.19 bits per heavy atom. The van der Waals surface area contributed by atoms with Gasteiger partial charge in [0.1, 0.15) is 10.6 Å². The Balaban J connectivity index is 2.34. The first-order valence-corrected chi connectivity index (χ1v) is 7.28. The Labute approximate surface area is 120 Å². The van der Waals surface area contributed by atoms with E-state index in [1.54, 1.807) is 12.1 Å². The lowest BCUT2D eigenvalue weighted by Gasteiger charge is -2.10. The summed E-state index contributed by atoms with van der Waals surface area (Å²) < 4.78 is 66.5. The van der Waals surface area contributed by atoms with E-state index in [0.29, 0.717) is 6.07 Å². The quantitative estimate of drug-likeness (QED) is 0.809. The molecule has 0 saturated carbocycles. The molecule has 7 heteroatoms. The van der Waals surface area contributed by atoms with E-state index in [-0.39, 0.29) is 5.75 Å². The Morgan fingerprint density at radius 2 is 1.62 bits per heavy atom. The zero-order valence-corrected chi connectivity index (χ0v) is 11.7. The standard InChI is InChI=1S/C14H11F3O3S/c1-10-5-7-12(8-6-10)20-21(18,19)13-4-2-3-11(9-13)14(15,16)17/h2-9H,1H3. The second-order valence-corrected chi connectivity index (χ2v) is 5.92. The molecule has 0 radical (unpaired) electrons. The van der Waals surface area contributed by atoms with Crippen LogP contribution in [0, 0.1) is 6.92 Å². The lowest BCUT2D eigenvalue weighted by atomic mass is 10.2. The second kappa shape index (κ2) is 5.40. The third-order valence-electron chi connectivity index (χ3n) is 2.68. The van der Waals surface area contributed by atoms with Gasteiger partial charge in [-0.05, 0) is 37.3 Å². The highest BCUT2D eigenvalue weighted by Crippen LogP contribution is 2.31. The smallest absolute Gasteiger partial charge is 0.379 e. The fraction of sp³-hybridized carbons (Fsp3) is 0.143. The van der Waals surface area contributed by atoms with Crippen molar-refractivity contribution in [3.05, 3.63) is 59.7 Å². The molecule has 0 amide bonds. The summed E-state index contributed by atoms with van der Waals surface area (Å²) in [6.07, 6.45) is -4.62. The summed E-state index contributed by atoms with van der Waals surface area (Å²) in [5.74, 6) is 0.0398. The van der Waals surface area contributed by atoms with Gasteiger partial charge < -0.3 is 4.18 Å². The number of aryl methyl sites for hydroxylation is 1. The van der Waals surface area contributed by atoms with Crippen molar-refractivity contribution in [1.82, 2.24) is 0 Å². The van der Waals surface area contributed by atoms with Crippen molar-refractivity contribution >= 4 is 10.1 Å². The Kier molecular flexibility index (Phi) is 3.95. The normalized spacial score (nSPS) is 12.2. The molecule has 2 aromatic carbocycles. The SMILES string of the molecule is Cc1ccc(OS(=O)(=O)c2cccc(C(F)(F)F)c2)cc1. The van der Waals surface area contributed by atoms with Gasteiger partial charge in [-0.2, -0.15) is 21.6 Å². The van der Waals surface area contributed by atoms with Crippen LogP contribution >= 0.6 is 0 Å². The lowest BCUT2D eigenvalue weighted by molar-refractivity contribution is -0.137. The van der Waals surface area contributed by atoms with Gasteiger partial charge in [0.2, 0.25) is 0 Å². The van der Waals surface area contributed by atoms with Crippen molar-refractivity contribution in [2.24, 2.45) is 0 Å². The van der Waals surface area contributed by atoms with Crippen molar-refractivity contribution in [1.29, 1.82) is 0 Å². The van der Waals surface area contributed by atoms with Crippen LogP contribution in [0.2, 0.25) is 0 Å². The molecule has 0 bridgehead atoms. The van der Waals surface area contributed by atoms with Crippen LogP contribution in [-0.2, 0) is 16.3 Å². The molecule has 0 N–H and O–H groups in total. The molecule has 2 rings (SSSR count). The van der Waals surface area contributed by atoms with Crippen LogP contribution in [0.25, 0.3) is 0 Å². The summed E-state index contributed by atoms with van der Waals surface area (Å²) in [6, 6.07) is 9.55. The van der Waals surface area contributed by atoms with E-state index in [1.807, 2.05) is 6.92 Å². The van der Waals surface area contributed by atoms with E-state index in [4.69, 9.17) is 4.18 Å². The van der Waals surface area contributed by atoms with Crippen LogP contribution in [0.4, 0.5) is 13.2 Å². The van der Waals surface area contributed by atoms with Gasteiger partial charge in [-0.15, -0.1) is 0 Å². The van der Waals surface area contributed by atoms with Crippen molar-refractivity contribution in [3.63, 3.8) is 0 Å². The average molecular weight is 316 g/mol. The Bertz CT molecular complexity index is 735. The largest absolute Gasteiger partial charge is 0.416 e. The van der Waals surface area contributed by atoms with Crippen molar-refractivity contribution < 1.29 is 25.8 Å². The summed E-state index contributed by atoms with van der Waals surface area (Å²) >= 11 is 0. The van der Waals surface area contributed by atoms with Gasteiger partial charge in [0, 0.05) is 0 Å². The van der Waals surface area contributed by atoms with Gasteiger partial charge in [-0.1, -0.05) is 23.8 Å². The van der Waals surface area contributed by atoms with Gasteiger partial charge in [-0.25, -0.2) is 0 Å². The topological polar surface area (TPSA) is 43.4 Å². The summed E-state index contributed by atoms with van der Waals surface area (Å²) in [5.41, 5.74) is -0.144. The first kappa shape index (κ1) is 15.4. The third-order valence-corrected chi connectivity index (χ3v) is 3.92. The van der Waals surface area contributed by atoms with Gasteiger partial charge in [0.05, 0.1) is 5.56 Å². The minimum Gasteiger partial charge on any atom is -0.379 e. The molecule has 0 spiro atoms. The lowest BCUT2D eigenvalue weighted by Crippen LogP contribution is -2.12. The van der Waals surface area contributed by atoms with Crippen LogP contribution in [0.1, 0.15) is 11.1 Å². The Morgan fingerprint density at radius 1 is 1.00 bits per heavy atom.